The van der Waals surface area contributed by atoms with Crippen LogP contribution in [0.3, 0.4) is 0 Å². The van der Waals surface area contributed by atoms with Crippen LogP contribution in [-0.2, 0) is 4.74 Å². The van der Waals surface area contributed by atoms with Crippen LogP contribution in [-0.4, -0.2) is 44.9 Å². The maximum Gasteiger partial charge on any atom is 0.410 e. The first-order valence-corrected chi connectivity index (χ1v) is 8.22. The Morgan fingerprint density at radius 1 is 1.52 bits per heavy atom. The Balaban J connectivity index is 1.93. The van der Waals surface area contributed by atoms with Crippen LogP contribution in [0.25, 0.3) is 0 Å². The zero-order valence-electron chi connectivity index (χ0n) is 12.5. The minimum Gasteiger partial charge on any atom is -0.444 e. The first-order chi connectivity index (χ1) is 9.83. The lowest BCUT2D eigenvalue weighted by Crippen LogP contribution is -2.43. The molecule has 1 aromatic rings. The molecule has 0 aliphatic carbocycles. The predicted molar refractivity (Wildman–Crippen MR) is 83.7 cm³/mol. The molecule has 21 heavy (non-hydrogen) atoms. The van der Waals surface area contributed by atoms with E-state index in [4.69, 9.17) is 16.3 Å². The molecule has 0 saturated carbocycles. The van der Waals surface area contributed by atoms with E-state index in [-0.39, 0.29) is 11.4 Å². The number of hydrogen-bond donors (Lipinski definition) is 0. The number of carbonyl (C=O) groups excluding carboxylic acids is 1. The summed E-state index contributed by atoms with van der Waals surface area (Å²) in [6.45, 7) is 7.05. The van der Waals surface area contributed by atoms with Crippen molar-refractivity contribution < 1.29 is 9.53 Å². The van der Waals surface area contributed by atoms with Crippen molar-refractivity contribution in [1.82, 2.24) is 14.9 Å². The summed E-state index contributed by atoms with van der Waals surface area (Å²) in [5, 5.41) is 1.39. The minimum absolute atomic E-state index is 0.242. The lowest BCUT2D eigenvalue weighted by atomic mass is 10.1. The highest BCUT2D eigenvalue weighted by atomic mass is 35.5. The van der Waals surface area contributed by atoms with Crippen LogP contribution in [0.4, 0.5) is 4.79 Å². The van der Waals surface area contributed by atoms with Crippen molar-refractivity contribution >= 4 is 29.5 Å². The largest absolute Gasteiger partial charge is 0.444 e. The number of carbonyl (C=O) groups is 1. The van der Waals surface area contributed by atoms with Crippen molar-refractivity contribution in [2.45, 2.75) is 49.5 Å². The highest BCUT2D eigenvalue weighted by molar-refractivity contribution is 7.99. The SMILES string of the molecule is CC(C)(C)OC(=O)N1CCCC(Sc2ccnc(Cl)n2)C1. The molecule has 0 aromatic carbocycles. The molecule has 1 fully saturated rings. The van der Waals surface area contributed by atoms with Gasteiger partial charge in [0.05, 0.1) is 0 Å². The van der Waals surface area contributed by atoms with E-state index in [1.807, 2.05) is 26.8 Å². The quantitative estimate of drug-likeness (QED) is 0.612. The van der Waals surface area contributed by atoms with E-state index in [9.17, 15) is 4.79 Å². The van der Waals surface area contributed by atoms with Gasteiger partial charge in [0, 0.05) is 24.5 Å². The number of aromatic nitrogens is 2. The summed E-state index contributed by atoms with van der Waals surface area (Å²) < 4.78 is 5.43. The van der Waals surface area contributed by atoms with Gasteiger partial charge in [-0.1, -0.05) is 0 Å². The summed E-state index contributed by atoms with van der Waals surface area (Å²) >= 11 is 7.43. The molecule has 1 unspecified atom stereocenters. The van der Waals surface area contributed by atoms with Crippen LogP contribution in [0, 0.1) is 0 Å². The first kappa shape index (κ1) is 16.4. The number of likely N-dealkylation sites (tertiary alicyclic amines) is 1. The number of amides is 1. The van der Waals surface area contributed by atoms with Crippen LogP contribution in [0.1, 0.15) is 33.6 Å². The molecule has 5 nitrogen and oxygen atoms in total. The average Bonchev–Trinajstić information content (AvgIpc) is 2.37. The summed E-state index contributed by atoms with van der Waals surface area (Å²) in [7, 11) is 0. The Hall–Kier alpha value is -1.01. The summed E-state index contributed by atoms with van der Waals surface area (Å²) in [5.41, 5.74) is -0.461. The Labute approximate surface area is 134 Å². The Morgan fingerprint density at radius 2 is 2.29 bits per heavy atom. The zero-order chi connectivity index (χ0) is 15.5. The van der Waals surface area contributed by atoms with Crippen LogP contribution < -0.4 is 0 Å². The zero-order valence-corrected chi connectivity index (χ0v) is 14.1. The van der Waals surface area contributed by atoms with Crippen molar-refractivity contribution in [3.05, 3.63) is 17.5 Å². The van der Waals surface area contributed by atoms with Gasteiger partial charge < -0.3 is 9.64 Å². The number of halogens is 1. The number of ether oxygens (including phenoxy) is 1. The average molecular weight is 330 g/mol. The number of rotatable bonds is 2. The molecule has 2 rings (SSSR count). The molecule has 1 amide bonds. The molecule has 1 aliphatic heterocycles. The lowest BCUT2D eigenvalue weighted by Gasteiger charge is -2.33. The van der Waals surface area contributed by atoms with Crippen LogP contribution >= 0.6 is 23.4 Å². The van der Waals surface area contributed by atoms with Crippen molar-refractivity contribution in [3.63, 3.8) is 0 Å². The number of hydrogen-bond acceptors (Lipinski definition) is 5. The summed E-state index contributed by atoms with van der Waals surface area (Å²) in [6.07, 6.45) is 3.42. The van der Waals surface area contributed by atoms with Gasteiger partial charge >= 0.3 is 6.09 Å². The topological polar surface area (TPSA) is 55.3 Å². The lowest BCUT2D eigenvalue weighted by molar-refractivity contribution is 0.0220. The highest BCUT2D eigenvalue weighted by Crippen LogP contribution is 2.29. The van der Waals surface area contributed by atoms with E-state index < -0.39 is 5.60 Å². The Morgan fingerprint density at radius 3 is 2.95 bits per heavy atom. The van der Waals surface area contributed by atoms with Crippen LogP contribution in [0.15, 0.2) is 17.3 Å². The minimum atomic E-state index is -0.461. The molecule has 1 aromatic heterocycles. The van der Waals surface area contributed by atoms with E-state index in [1.54, 1.807) is 22.9 Å². The molecule has 0 N–H and O–H groups in total. The van der Waals surface area contributed by atoms with Crippen molar-refractivity contribution in [2.75, 3.05) is 13.1 Å². The maximum atomic E-state index is 12.1. The third kappa shape index (κ3) is 5.36. The number of nitrogens with zero attached hydrogens (tertiary/aromatic N) is 3. The number of piperidine rings is 1. The summed E-state index contributed by atoms with van der Waals surface area (Å²) in [5.74, 6) is 0. The fraction of sp³-hybridized carbons (Fsp3) is 0.643. The van der Waals surface area contributed by atoms with Crippen LogP contribution in [0.5, 0.6) is 0 Å². The monoisotopic (exact) mass is 329 g/mol. The van der Waals surface area contributed by atoms with Gasteiger partial charge in [0.1, 0.15) is 10.6 Å². The van der Waals surface area contributed by atoms with Crippen LogP contribution in [0.2, 0.25) is 5.28 Å². The molecular weight excluding hydrogens is 310 g/mol. The van der Waals surface area contributed by atoms with E-state index in [1.165, 1.54) is 0 Å². The summed E-state index contributed by atoms with van der Waals surface area (Å²) in [6, 6.07) is 1.84. The van der Waals surface area contributed by atoms with Gasteiger partial charge in [0.2, 0.25) is 5.28 Å². The fourth-order valence-corrected chi connectivity index (χ4v) is 3.44. The molecule has 0 radical (unpaired) electrons. The predicted octanol–water partition coefficient (Wildman–Crippen LogP) is 3.62. The van der Waals surface area contributed by atoms with E-state index in [0.717, 1.165) is 24.4 Å². The maximum absolute atomic E-state index is 12.1. The Bertz CT molecular complexity index is 507. The highest BCUT2D eigenvalue weighted by Gasteiger charge is 2.28. The van der Waals surface area contributed by atoms with E-state index in [2.05, 4.69) is 9.97 Å². The summed E-state index contributed by atoms with van der Waals surface area (Å²) in [4.78, 5) is 21.9. The molecule has 116 valence electrons. The molecule has 1 atom stereocenters. The van der Waals surface area contributed by atoms with Gasteiger partial charge in [-0.2, -0.15) is 0 Å². The molecule has 7 heteroatoms. The second kappa shape index (κ2) is 6.83. The third-order valence-electron chi connectivity index (χ3n) is 2.92. The standard InChI is InChI=1S/C14H20ClN3O2S/c1-14(2,3)20-13(19)18-8-4-5-10(9-18)21-11-6-7-16-12(15)17-11/h6-7,10H,4-5,8-9H2,1-3H3. The molecule has 2 heterocycles. The fourth-order valence-electron chi connectivity index (χ4n) is 2.08. The molecule has 0 bridgehead atoms. The van der Waals surface area contributed by atoms with Gasteiger partial charge in [-0.15, -0.1) is 11.8 Å². The molecule has 1 aliphatic rings. The van der Waals surface area contributed by atoms with Gasteiger partial charge in [0.15, 0.2) is 0 Å². The smallest absolute Gasteiger partial charge is 0.410 e. The number of thioether (sulfide) groups is 1. The van der Waals surface area contributed by atoms with E-state index >= 15 is 0 Å². The molecule has 0 spiro atoms. The molecule has 1 saturated heterocycles. The van der Waals surface area contributed by atoms with Crippen molar-refractivity contribution in [3.8, 4) is 0 Å². The molecular formula is C14H20ClN3O2S. The van der Waals surface area contributed by atoms with Gasteiger partial charge in [-0.3, -0.25) is 0 Å². The van der Waals surface area contributed by atoms with Gasteiger partial charge in [-0.05, 0) is 51.3 Å². The third-order valence-corrected chi connectivity index (χ3v) is 4.29. The second-order valence-electron chi connectivity index (χ2n) is 5.97. The normalized spacial score (nSPS) is 19.4. The van der Waals surface area contributed by atoms with Gasteiger partial charge in [-0.25, -0.2) is 14.8 Å². The Kier molecular flexibility index (Phi) is 5.32. The van der Waals surface area contributed by atoms with Crippen molar-refractivity contribution in [1.29, 1.82) is 0 Å². The van der Waals surface area contributed by atoms with E-state index in [0.29, 0.717) is 11.8 Å². The first-order valence-electron chi connectivity index (χ1n) is 6.96. The van der Waals surface area contributed by atoms with Crippen molar-refractivity contribution in [2.24, 2.45) is 0 Å². The second-order valence-corrected chi connectivity index (χ2v) is 7.63. The van der Waals surface area contributed by atoms with Gasteiger partial charge in [0.25, 0.3) is 0 Å².